The van der Waals surface area contributed by atoms with E-state index in [2.05, 4.69) is 123 Å². The highest BCUT2D eigenvalue weighted by Crippen LogP contribution is 2.43. The van der Waals surface area contributed by atoms with Crippen molar-refractivity contribution in [3.05, 3.63) is 152 Å². The van der Waals surface area contributed by atoms with Crippen molar-refractivity contribution in [2.45, 2.75) is 0 Å². The predicted molar refractivity (Wildman–Crippen MR) is 189 cm³/mol. The van der Waals surface area contributed by atoms with Gasteiger partial charge in [0.05, 0.1) is 26.9 Å². The van der Waals surface area contributed by atoms with Gasteiger partial charge in [0.2, 0.25) is 0 Å². The van der Waals surface area contributed by atoms with Gasteiger partial charge < -0.3 is 4.57 Å². The molecule has 9 aromatic rings. The average Bonchev–Trinajstić information content (AvgIpc) is 3.71. The quantitative estimate of drug-likeness (QED) is 0.195. The SMILES string of the molecule is c1ccc(-c2cccc(-n3c4ccc(-c5ccncc5)cc4c4cc(-c5ccncc5)c(-c5nc6ccccc6s5)cc43)c2)nc1. The molecule has 0 spiro atoms. The standard InChI is InChI=1S/C40H25N5S/c1-2-10-39-36(9-1)44-40(46-39)34-25-38-33(24-31(34)27-15-20-42-21-16-27)32-23-28(26-13-18-41-19-14-26)11-12-37(32)45(38)30-7-5-6-29(22-30)35-8-3-4-17-43-35/h1-25H. The topological polar surface area (TPSA) is 56.5 Å². The van der Waals surface area contributed by atoms with Crippen molar-refractivity contribution in [2.24, 2.45) is 0 Å². The van der Waals surface area contributed by atoms with E-state index < -0.39 is 0 Å². The minimum Gasteiger partial charge on any atom is -0.309 e. The summed E-state index contributed by atoms with van der Waals surface area (Å²) in [5.74, 6) is 0. The summed E-state index contributed by atoms with van der Waals surface area (Å²) in [6.07, 6.45) is 9.24. The number of pyridine rings is 3. The molecule has 0 N–H and O–H groups in total. The first-order valence-corrected chi connectivity index (χ1v) is 15.9. The van der Waals surface area contributed by atoms with Crippen LogP contribution in [-0.2, 0) is 0 Å². The van der Waals surface area contributed by atoms with Gasteiger partial charge in [0.15, 0.2) is 0 Å². The minimum absolute atomic E-state index is 0.945. The van der Waals surface area contributed by atoms with E-state index in [0.29, 0.717) is 0 Å². The lowest BCUT2D eigenvalue weighted by atomic mass is 9.97. The monoisotopic (exact) mass is 607 g/mol. The van der Waals surface area contributed by atoms with Crippen molar-refractivity contribution in [1.82, 2.24) is 24.5 Å². The fraction of sp³-hybridized carbons (Fsp3) is 0. The highest BCUT2D eigenvalue weighted by atomic mass is 32.1. The Morgan fingerprint density at radius 2 is 1.28 bits per heavy atom. The maximum atomic E-state index is 5.12. The fourth-order valence-corrected chi connectivity index (χ4v) is 7.34. The number of aromatic nitrogens is 5. The summed E-state index contributed by atoms with van der Waals surface area (Å²) in [6.45, 7) is 0. The van der Waals surface area contributed by atoms with Gasteiger partial charge in [-0.2, -0.15) is 0 Å². The van der Waals surface area contributed by atoms with Crippen LogP contribution in [0.2, 0.25) is 0 Å². The predicted octanol–water partition coefficient (Wildman–Crippen LogP) is 10.2. The molecule has 6 heteroatoms. The van der Waals surface area contributed by atoms with Crippen LogP contribution in [0.25, 0.3) is 81.8 Å². The maximum Gasteiger partial charge on any atom is 0.125 e. The zero-order valence-electron chi connectivity index (χ0n) is 24.6. The van der Waals surface area contributed by atoms with Gasteiger partial charge in [-0.05, 0) is 107 Å². The molecule has 5 heterocycles. The van der Waals surface area contributed by atoms with E-state index in [1.54, 1.807) is 11.3 Å². The van der Waals surface area contributed by atoms with Crippen LogP contribution in [0.1, 0.15) is 0 Å². The molecule has 5 aromatic heterocycles. The van der Waals surface area contributed by atoms with E-state index >= 15 is 0 Å². The molecular formula is C40H25N5S. The largest absolute Gasteiger partial charge is 0.309 e. The number of hydrogen-bond acceptors (Lipinski definition) is 5. The second-order valence-corrected chi connectivity index (χ2v) is 12.2. The summed E-state index contributed by atoms with van der Waals surface area (Å²) >= 11 is 1.73. The van der Waals surface area contributed by atoms with Gasteiger partial charge in [-0.25, -0.2) is 4.98 Å². The third kappa shape index (κ3) is 4.47. The first-order chi connectivity index (χ1) is 22.8. The van der Waals surface area contributed by atoms with E-state index in [4.69, 9.17) is 4.98 Å². The fourth-order valence-electron chi connectivity index (χ4n) is 6.34. The van der Waals surface area contributed by atoms with Crippen LogP contribution in [0.4, 0.5) is 0 Å². The van der Waals surface area contributed by atoms with Crippen molar-refractivity contribution in [1.29, 1.82) is 0 Å². The van der Waals surface area contributed by atoms with E-state index in [1.165, 1.54) is 15.5 Å². The lowest BCUT2D eigenvalue weighted by molar-refractivity contribution is 1.18. The van der Waals surface area contributed by atoms with Crippen molar-refractivity contribution < 1.29 is 0 Å². The Hall–Kier alpha value is -5.98. The first-order valence-electron chi connectivity index (χ1n) is 15.1. The number of hydrogen-bond donors (Lipinski definition) is 0. The molecular weight excluding hydrogens is 583 g/mol. The average molecular weight is 608 g/mol. The van der Waals surface area contributed by atoms with Crippen LogP contribution >= 0.6 is 11.3 Å². The van der Waals surface area contributed by atoms with Gasteiger partial charge >= 0.3 is 0 Å². The number of nitrogens with zero attached hydrogens (tertiary/aromatic N) is 5. The van der Waals surface area contributed by atoms with Crippen LogP contribution in [0, 0.1) is 0 Å². The Morgan fingerprint density at radius 3 is 2.09 bits per heavy atom. The molecule has 0 atom stereocenters. The zero-order chi connectivity index (χ0) is 30.5. The molecule has 0 saturated heterocycles. The van der Waals surface area contributed by atoms with Crippen LogP contribution < -0.4 is 0 Å². The normalized spacial score (nSPS) is 11.5. The smallest absolute Gasteiger partial charge is 0.125 e. The number of fused-ring (bicyclic) bond motifs is 4. The van der Waals surface area contributed by atoms with Gasteiger partial charge in [-0.3, -0.25) is 15.0 Å². The maximum absolute atomic E-state index is 5.12. The van der Waals surface area contributed by atoms with Gasteiger partial charge in [0.25, 0.3) is 0 Å². The molecule has 0 aliphatic rings. The molecule has 0 aliphatic carbocycles. The molecule has 216 valence electrons. The molecule has 4 aromatic carbocycles. The molecule has 0 amide bonds. The van der Waals surface area contributed by atoms with Crippen molar-refractivity contribution >= 4 is 43.4 Å². The number of thiazole rings is 1. The van der Waals surface area contributed by atoms with Crippen molar-refractivity contribution in [2.75, 3.05) is 0 Å². The Labute approximate surface area is 269 Å². The molecule has 0 aliphatic heterocycles. The molecule has 0 radical (unpaired) electrons. The summed E-state index contributed by atoms with van der Waals surface area (Å²) < 4.78 is 3.55. The summed E-state index contributed by atoms with van der Waals surface area (Å²) in [5.41, 5.74) is 12.0. The molecule has 0 saturated carbocycles. The molecule has 0 bridgehead atoms. The third-order valence-electron chi connectivity index (χ3n) is 8.50. The van der Waals surface area contributed by atoms with E-state index in [-0.39, 0.29) is 0 Å². The Morgan fingerprint density at radius 1 is 0.500 bits per heavy atom. The second kappa shape index (κ2) is 10.9. The highest BCUT2D eigenvalue weighted by molar-refractivity contribution is 7.21. The van der Waals surface area contributed by atoms with Gasteiger partial charge in [0.1, 0.15) is 5.01 Å². The van der Waals surface area contributed by atoms with Gasteiger partial charge in [0, 0.05) is 58.6 Å². The van der Waals surface area contributed by atoms with E-state index in [1.807, 2.05) is 49.2 Å². The van der Waals surface area contributed by atoms with Crippen LogP contribution in [-0.4, -0.2) is 24.5 Å². The first kappa shape index (κ1) is 26.4. The molecule has 46 heavy (non-hydrogen) atoms. The van der Waals surface area contributed by atoms with Crippen LogP contribution in [0.5, 0.6) is 0 Å². The van der Waals surface area contributed by atoms with Crippen molar-refractivity contribution in [3.63, 3.8) is 0 Å². The molecule has 0 fully saturated rings. The van der Waals surface area contributed by atoms with E-state index in [0.717, 1.165) is 66.3 Å². The molecule has 9 rings (SSSR count). The number of para-hydroxylation sites is 1. The number of benzene rings is 4. The summed E-state index contributed by atoms with van der Waals surface area (Å²) in [7, 11) is 0. The summed E-state index contributed by atoms with van der Waals surface area (Å²) in [4.78, 5) is 18.3. The van der Waals surface area contributed by atoms with Crippen molar-refractivity contribution in [3.8, 4) is 49.8 Å². The van der Waals surface area contributed by atoms with Gasteiger partial charge in [-0.15, -0.1) is 11.3 Å². The lowest BCUT2D eigenvalue weighted by Gasteiger charge is -2.13. The highest BCUT2D eigenvalue weighted by Gasteiger charge is 2.20. The van der Waals surface area contributed by atoms with Crippen LogP contribution in [0.3, 0.4) is 0 Å². The Bertz CT molecular complexity index is 2490. The lowest BCUT2D eigenvalue weighted by Crippen LogP contribution is -1.96. The van der Waals surface area contributed by atoms with E-state index in [9.17, 15) is 0 Å². The number of rotatable bonds is 5. The third-order valence-corrected chi connectivity index (χ3v) is 9.57. The zero-order valence-corrected chi connectivity index (χ0v) is 25.4. The van der Waals surface area contributed by atoms with Gasteiger partial charge in [-0.1, -0.05) is 36.4 Å². The second-order valence-electron chi connectivity index (χ2n) is 11.2. The van der Waals surface area contributed by atoms with Crippen LogP contribution in [0.15, 0.2) is 152 Å². The minimum atomic E-state index is 0.945. The summed E-state index contributed by atoms with van der Waals surface area (Å²) in [6, 6.07) is 42.7. The molecule has 5 nitrogen and oxygen atoms in total. The Balaban J connectivity index is 1.38. The molecule has 0 unspecified atom stereocenters. The summed E-state index contributed by atoms with van der Waals surface area (Å²) in [5, 5.41) is 3.34. The Kier molecular flexibility index (Phi) is 6.25.